The Bertz CT molecular complexity index is 431. The maximum absolute atomic E-state index is 12.2. The minimum atomic E-state index is 0.0828. The Morgan fingerprint density at radius 2 is 2.00 bits per heavy atom. The summed E-state index contributed by atoms with van der Waals surface area (Å²) < 4.78 is 0. The van der Waals surface area contributed by atoms with Crippen LogP contribution in [0.3, 0.4) is 0 Å². The molecular formula is C16H27N3OS. The van der Waals surface area contributed by atoms with E-state index >= 15 is 0 Å². The molecule has 21 heavy (non-hydrogen) atoms. The maximum Gasteiger partial charge on any atom is 0.223 e. The molecule has 0 bridgehead atoms. The molecule has 0 unspecified atom stereocenters. The van der Waals surface area contributed by atoms with Crippen LogP contribution in [0.1, 0.15) is 32.8 Å². The number of hydrogen-bond acceptors (Lipinski definition) is 4. The van der Waals surface area contributed by atoms with Crippen LogP contribution in [-0.2, 0) is 11.3 Å². The fourth-order valence-electron chi connectivity index (χ4n) is 2.50. The van der Waals surface area contributed by atoms with E-state index in [1.54, 1.807) is 11.3 Å². The topological polar surface area (TPSA) is 35.6 Å². The summed E-state index contributed by atoms with van der Waals surface area (Å²) in [6.07, 6.45) is 0.599. The number of carbonyl (C=O) groups is 1. The molecule has 118 valence electrons. The van der Waals surface area contributed by atoms with Gasteiger partial charge in [0.25, 0.3) is 0 Å². The second-order valence-corrected chi connectivity index (χ2v) is 7.50. The van der Waals surface area contributed by atoms with Crippen molar-refractivity contribution in [1.29, 1.82) is 0 Å². The molecule has 0 saturated carbocycles. The van der Waals surface area contributed by atoms with E-state index in [4.69, 9.17) is 0 Å². The van der Waals surface area contributed by atoms with Crippen molar-refractivity contribution in [3.63, 3.8) is 0 Å². The summed E-state index contributed by atoms with van der Waals surface area (Å²) in [6, 6.07) is 2.18. The van der Waals surface area contributed by atoms with E-state index in [0.717, 1.165) is 39.3 Å². The van der Waals surface area contributed by atoms with E-state index in [2.05, 4.69) is 47.8 Å². The largest absolute Gasteiger partial charge is 0.340 e. The molecular weight excluding hydrogens is 282 g/mol. The quantitative estimate of drug-likeness (QED) is 0.905. The van der Waals surface area contributed by atoms with Crippen molar-refractivity contribution in [2.45, 2.75) is 39.3 Å². The highest BCUT2D eigenvalue weighted by Gasteiger charge is 2.21. The lowest BCUT2D eigenvalue weighted by Gasteiger charge is -2.35. The van der Waals surface area contributed by atoms with Gasteiger partial charge < -0.3 is 10.2 Å². The fraction of sp³-hybridized carbons (Fsp3) is 0.688. The van der Waals surface area contributed by atoms with E-state index in [9.17, 15) is 4.79 Å². The Kier molecular flexibility index (Phi) is 5.79. The highest BCUT2D eigenvalue weighted by atomic mass is 32.1. The van der Waals surface area contributed by atoms with Gasteiger partial charge >= 0.3 is 0 Å². The third-order valence-corrected chi connectivity index (χ3v) is 4.44. The predicted octanol–water partition coefficient (Wildman–Crippen LogP) is 2.17. The first-order chi connectivity index (χ1) is 9.94. The SMILES string of the molecule is CC(C)(C)NCCC(=O)N1CCN(Cc2ccsc2)CC1. The number of nitrogens with zero attached hydrogens (tertiary/aromatic N) is 2. The molecule has 1 N–H and O–H groups in total. The molecule has 1 amide bonds. The summed E-state index contributed by atoms with van der Waals surface area (Å²) >= 11 is 1.75. The van der Waals surface area contributed by atoms with Gasteiger partial charge in [-0.2, -0.15) is 11.3 Å². The van der Waals surface area contributed by atoms with Gasteiger partial charge in [0, 0.05) is 51.2 Å². The third-order valence-electron chi connectivity index (χ3n) is 3.71. The molecule has 0 spiro atoms. The lowest BCUT2D eigenvalue weighted by Crippen LogP contribution is -2.49. The molecule has 0 atom stereocenters. The Balaban J connectivity index is 1.67. The molecule has 1 aliphatic rings. The van der Waals surface area contributed by atoms with Crippen molar-refractivity contribution < 1.29 is 4.79 Å². The molecule has 4 nitrogen and oxygen atoms in total. The first kappa shape index (κ1) is 16.5. The van der Waals surface area contributed by atoms with Gasteiger partial charge in [-0.1, -0.05) is 0 Å². The molecule has 2 rings (SSSR count). The predicted molar refractivity (Wildman–Crippen MR) is 88.5 cm³/mol. The normalized spacial score (nSPS) is 17.2. The summed E-state index contributed by atoms with van der Waals surface area (Å²) in [7, 11) is 0. The highest BCUT2D eigenvalue weighted by Crippen LogP contribution is 2.12. The first-order valence-corrected chi connectivity index (χ1v) is 8.64. The third kappa shape index (κ3) is 5.77. The maximum atomic E-state index is 12.2. The molecule has 1 aliphatic heterocycles. The molecule has 5 heteroatoms. The summed E-state index contributed by atoms with van der Waals surface area (Å²) in [5.74, 6) is 0.280. The van der Waals surface area contributed by atoms with Crippen molar-refractivity contribution in [3.05, 3.63) is 22.4 Å². The van der Waals surface area contributed by atoms with Crippen LogP contribution in [0.2, 0.25) is 0 Å². The Hall–Kier alpha value is -0.910. The average molecular weight is 309 g/mol. The summed E-state index contributed by atoms with van der Waals surface area (Å²) in [5.41, 5.74) is 1.47. The first-order valence-electron chi connectivity index (χ1n) is 7.70. The van der Waals surface area contributed by atoms with E-state index in [0.29, 0.717) is 6.42 Å². The van der Waals surface area contributed by atoms with Gasteiger partial charge in [0.2, 0.25) is 5.91 Å². The summed E-state index contributed by atoms with van der Waals surface area (Å²) in [5, 5.41) is 7.70. The number of nitrogens with one attached hydrogen (secondary N) is 1. The number of amides is 1. The van der Waals surface area contributed by atoms with Crippen molar-refractivity contribution in [1.82, 2.24) is 15.1 Å². The van der Waals surface area contributed by atoms with Gasteiger partial charge in [-0.05, 0) is 43.2 Å². The van der Waals surface area contributed by atoms with Gasteiger partial charge in [-0.3, -0.25) is 9.69 Å². The minimum Gasteiger partial charge on any atom is -0.340 e. The van der Waals surface area contributed by atoms with Gasteiger partial charge in [0.1, 0.15) is 0 Å². The zero-order valence-electron chi connectivity index (χ0n) is 13.4. The van der Waals surface area contributed by atoms with E-state index in [-0.39, 0.29) is 11.4 Å². The van der Waals surface area contributed by atoms with Crippen LogP contribution in [0.15, 0.2) is 16.8 Å². The van der Waals surface area contributed by atoms with Crippen molar-refractivity contribution in [2.75, 3.05) is 32.7 Å². The van der Waals surface area contributed by atoms with E-state index < -0.39 is 0 Å². The van der Waals surface area contributed by atoms with Crippen LogP contribution in [-0.4, -0.2) is 54.0 Å². The van der Waals surface area contributed by atoms with Crippen LogP contribution in [0, 0.1) is 0 Å². The molecule has 1 fully saturated rings. The smallest absolute Gasteiger partial charge is 0.223 e. The second-order valence-electron chi connectivity index (χ2n) is 6.72. The minimum absolute atomic E-state index is 0.0828. The van der Waals surface area contributed by atoms with Gasteiger partial charge in [0.15, 0.2) is 0 Å². The molecule has 2 heterocycles. The molecule has 0 aromatic carbocycles. The Labute approximate surface area is 132 Å². The zero-order valence-corrected chi connectivity index (χ0v) is 14.2. The number of carbonyl (C=O) groups excluding carboxylic acids is 1. The van der Waals surface area contributed by atoms with Crippen LogP contribution in [0.5, 0.6) is 0 Å². The number of thiophene rings is 1. The molecule has 0 aliphatic carbocycles. The molecule has 0 radical (unpaired) electrons. The highest BCUT2D eigenvalue weighted by molar-refractivity contribution is 7.07. The van der Waals surface area contributed by atoms with Crippen molar-refractivity contribution in [3.8, 4) is 0 Å². The van der Waals surface area contributed by atoms with Crippen molar-refractivity contribution >= 4 is 17.2 Å². The number of hydrogen-bond donors (Lipinski definition) is 1. The summed E-state index contributed by atoms with van der Waals surface area (Å²) in [4.78, 5) is 16.6. The van der Waals surface area contributed by atoms with E-state index in [1.807, 2.05) is 4.90 Å². The Morgan fingerprint density at radius 3 is 2.57 bits per heavy atom. The molecule has 1 aromatic heterocycles. The fourth-order valence-corrected chi connectivity index (χ4v) is 3.16. The summed E-state index contributed by atoms with van der Waals surface area (Å²) in [6.45, 7) is 11.8. The van der Waals surface area contributed by atoms with Gasteiger partial charge in [0.05, 0.1) is 0 Å². The number of piperazine rings is 1. The zero-order chi connectivity index (χ0) is 15.3. The average Bonchev–Trinajstić information content (AvgIpc) is 2.91. The van der Waals surface area contributed by atoms with Crippen molar-refractivity contribution in [2.24, 2.45) is 0 Å². The van der Waals surface area contributed by atoms with Gasteiger partial charge in [-0.15, -0.1) is 0 Å². The second kappa shape index (κ2) is 7.38. The Morgan fingerprint density at radius 1 is 1.29 bits per heavy atom. The van der Waals surface area contributed by atoms with Crippen LogP contribution in [0.25, 0.3) is 0 Å². The number of rotatable bonds is 5. The van der Waals surface area contributed by atoms with Crippen LogP contribution < -0.4 is 5.32 Å². The lowest BCUT2D eigenvalue weighted by atomic mass is 10.1. The van der Waals surface area contributed by atoms with Gasteiger partial charge in [-0.25, -0.2) is 0 Å². The van der Waals surface area contributed by atoms with Crippen LogP contribution >= 0.6 is 11.3 Å². The standard InChI is InChI=1S/C16H27N3OS/c1-16(2,3)17-6-4-15(20)19-9-7-18(8-10-19)12-14-5-11-21-13-14/h5,11,13,17H,4,6-10,12H2,1-3H3. The monoisotopic (exact) mass is 309 g/mol. The molecule has 1 saturated heterocycles. The van der Waals surface area contributed by atoms with E-state index in [1.165, 1.54) is 5.56 Å². The lowest BCUT2D eigenvalue weighted by molar-refractivity contribution is -0.132. The van der Waals surface area contributed by atoms with Crippen LogP contribution in [0.4, 0.5) is 0 Å². The molecule has 1 aromatic rings.